The van der Waals surface area contributed by atoms with E-state index in [1.165, 1.54) is 7.41 Å². The van der Waals surface area contributed by atoms with Gasteiger partial charge >= 0.3 is 7.41 Å². The number of rotatable bonds is 5. The van der Waals surface area contributed by atoms with Crippen LogP contribution in [0.1, 0.15) is 27.2 Å². The van der Waals surface area contributed by atoms with E-state index in [0.29, 0.717) is 18.7 Å². The third-order valence-electron chi connectivity index (χ3n) is 4.91. The Hall–Kier alpha value is -0.618. The van der Waals surface area contributed by atoms with Gasteiger partial charge in [0.15, 0.2) is 8.32 Å². The number of amides is 1. The zero-order valence-corrected chi connectivity index (χ0v) is 13.5. The van der Waals surface area contributed by atoms with Crippen LogP contribution in [-0.2, 0) is 14.0 Å². The molecule has 2 fully saturated rings. The molecular formula is C13H23BNO3Si. The van der Waals surface area contributed by atoms with Crippen LogP contribution in [0.2, 0.25) is 18.1 Å². The lowest BCUT2D eigenvalue weighted by Gasteiger charge is -2.38. The van der Waals surface area contributed by atoms with E-state index in [1.807, 2.05) is 0 Å². The highest BCUT2D eigenvalue weighted by Crippen LogP contribution is 2.50. The standard InChI is InChI=1S/C13H23BNO3Si/c1-13(2,3)19(4,5)18-7-11-9-6-10(9)12(17)15(11)14-8-16/h8-11H,6-7H2,1-5H3/t9?,10?,11-/m1/s1. The van der Waals surface area contributed by atoms with Crippen LogP contribution in [0.4, 0.5) is 0 Å². The SMILES string of the molecule is CC(C)(C)[Si](C)(C)OC[C@@H]1C2CC2C(=O)N1[B]C=O. The van der Waals surface area contributed by atoms with E-state index >= 15 is 0 Å². The van der Waals surface area contributed by atoms with Gasteiger partial charge in [-0.1, -0.05) is 20.8 Å². The van der Waals surface area contributed by atoms with Crippen LogP contribution < -0.4 is 0 Å². The average Bonchev–Trinajstić information content (AvgIpc) is 3.01. The van der Waals surface area contributed by atoms with Crippen molar-refractivity contribution < 1.29 is 14.0 Å². The predicted octanol–water partition coefficient (Wildman–Crippen LogP) is 1.66. The Morgan fingerprint density at radius 2 is 2.11 bits per heavy atom. The topological polar surface area (TPSA) is 46.6 Å². The molecule has 6 heteroatoms. The number of hydrogen-bond donors (Lipinski definition) is 0. The van der Waals surface area contributed by atoms with Crippen molar-refractivity contribution in [1.82, 2.24) is 4.81 Å². The van der Waals surface area contributed by atoms with Gasteiger partial charge in [0.1, 0.15) is 6.19 Å². The van der Waals surface area contributed by atoms with Gasteiger partial charge in [0.25, 0.3) is 0 Å². The summed E-state index contributed by atoms with van der Waals surface area (Å²) in [6.07, 6.45) is 1.66. The molecule has 1 radical (unpaired) electrons. The monoisotopic (exact) mass is 280 g/mol. The molecule has 1 aliphatic heterocycles. The van der Waals surface area contributed by atoms with Gasteiger partial charge in [-0.05, 0) is 30.5 Å². The molecule has 0 aromatic rings. The fourth-order valence-electron chi connectivity index (χ4n) is 2.45. The summed E-state index contributed by atoms with van der Waals surface area (Å²) >= 11 is 0. The number of carbonyl (C=O) groups is 2. The molecule has 1 heterocycles. The molecule has 0 bridgehead atoms. The maximum Gasteiger partial charge on any atom is 0.331 e. The summed E-state index contributed by atoms with van der Waals surface area (Å²) in [6.45, 7) is 11.6. The third-order valence-corrected chi connectivity index (χ3v) is 9.41. The van der Waals surface area contributed by atoms with E-state index in [2.05, 4.69) is 33.9 Å². The van der Waals surface area contributed by atoms with E-state index < -0.39 is 8.32 Å². The van der Waals surface area contributed by atoms with Crippen LogP contribution in [0, 0.1) is 11.8 Å². The quantitative estimate of drug-likeness (QED) is 0.568. The highest BCUT2D eigenvalue weighted by atomic mass is 28.4. The van der Waals surface area contributed by atoms with Crippen molar-refractivity contribution in [2.75, 3.05) is 6.61 Å². The lowest BCUT2D eigenvalue weighted by molar-refractivity contribution is -0.127. The molecule has 0 aromatic carbocycles. The van der Waals surface area contributed by atoms with Crippen molar-refractivity contribution in [2.45, 2.75) is 51.4 Å². The zero-order valence-electron chi connectivity index (χ0n) is 12.5. The molecule has 4 nitrogen and oxygen atoms in total. The van der Waals surface area contributed by atoms with Gasteiger partial charge < -0.3 is 14.0 Å². The number of piperidine rings is 1. The van der Waals surface area contributed by atoms with Crippen LogP contribution in [0.15, 0.2) is 0 Å². The van der Waals surface area contributed by atoms with Crippen LogP contribution in [0.3, 0.4) is 0 Å². The largest absolute Gasteiger partial charge is 0.415 e. The molecule has 3 atom stereocenters. The third kappa shape index (κ3) is 2.65. The minimum atomic E-state index is -1.80. The molecule has 2 unspecified atom stereocenters. The van der Waals surface area contributed by atoms with E-state index in [9.17, 15) is 9.59 Å². The van der Waals surface area contributed by atoms with Gasteiger partial charge in [0, 0.05) is 12.0 Å². The number of nitrogens with zero attached hydrogens (tertiary/aromatic N) is 1. The summed E-state index contributed by atoms with van der Waals surface area (Å²) in [7, 11) is -0.429. The molecule has 0 spiro atoms. The highest BCUT2D eigenvalue weighted by molar-refractivity contribution is 6.74. The molecule has 2 rings (SSSR count). The summed E-state index contributed by atoms with van der Waals surface area (Å²) in [6, 6.07) is 0.0665. The second-order valence-electron chi connectivity index (χ2n) is 7.18. The Morgan fingerprint density at radius 1 is 1.47 bits per heavy atom. The summed E-state index contributed by atoms with van der Waals surface area (Å²) in [5, 5.41) is 0.164. The van der Waals surface area contributed by atoms with Crippen molar-refractivity contribution in [2.24, 2.45) is 11.8 Å². The predicted molar refractivity (Wildman–Crippen MR) is 77.9 cm³/mol. The average molecular weight is 280 g/mol. The van der Waals surface area contributed by atoms with Crippen LogP contribution in [-0.4, -0.2) is 45.3 Å². The van der Waals surface area contributed by atoms with Crippen molar-refractivity contribution in [1.29, 1.82) is 0 Å². The lowest BCUT2D eigenvalue weighted by atomic mass is 9.92. The van der Waals surface area contributed by atoms with Gasteiger partial charge in [-0.25, -0.2) is 0 Å². The smallest absolute Gasteiger partial charge is 0.331 e. The first-order valence-electron chi connectivity index (χ1n) is 6.94. The zero-order chi connectivity index (χ0) is 14.4. The number of hydrogen-bond acceptors (Lipinski definition) is 3. The van der Waals surface area contributed by atoms with Gasteiger partial charge in [-0.3, -0.25) is 4.79 Å². The van der Waals surface area contributed by atoms with Crippen molar-refractivity contribution in [3.8, 4) is 0 Å². The fourth-order valence-corrected chi connectivity index (χ4v) is 3.47. The first-order chi connectivity index (χ1) is 8.69. The molecule has 19 heavy (non-hydrogen) atoms. The lowest BCUT2D eigenvalue weighted by Crippen LogP contribution is -2.48. The molecule has 0 N–H and O–H groups in total. The fraction of sp³-hybridized carbons (Fsp3) is 0.846. The summed E-state index contributed by atoms with van der Waals surface area (Å²) < 4.78 is 6.21. The normalized spacial score (nSPS) is 30.3. The summed E-state index contributed by atoms with van der Waals surface area (Å²) in [4.78, 5) is 24.2. The number of fused-ring (bicyclic) bond motifs is 1. The molecule has 105 valence electrons. The van der Waals surface area contributed by atoms with Gasteiger partial charge in [0.2, 0.25) is 5.91 Å². The van der Waals surface area contributed by atoms with Gasteiger partial charge in [-0.2, -0.15) is 0 Å². The molecule has 0 aromatic heterocycles. The second kappa shape index (κ2) is 4.74. The first kappa shape index (κ1) is 14.8. The van der Waals surface area contributed by atoms with Crippen molar-refractivity contribution in [3.63, 3.8) is 0 Å². The second-order valence-corrected chi connectivity index (χ2v) is 12.0. The van der Waals surface area contributed by atoms with Crippen LogP contribution >= 0.6 is 0 Å². The van der Waals surface area contributed by atoms with Crippen LogP contribution in [0.25, 0.3) is 0 Å². The Labute approximate surface area is 117 Å². The van der Waals surface area contributed by atoms with Gasteiger partial charge in [-0.15, -0.1) is 0 Å². The Bertz CT molecular complexity index is 394. The molecule has 2 aliphatic rings. The molecule has 1 aliphatic carbocycles. The van der Waals surface area contributed by atoms with Gasteiger partial charge in [0.05, 0.1) is 6.61 Å². The highest BCUT2D eigenvalue weighted by Gasteiger charge is 2.58. The Kier molecular flexibility index (Phi) is 3.69. The minimum Gasteiger partial charge on any atom is -0.415 e. The maximum atomic E-state index is 12.0. The van der Waals surface area contributed by atoms with Crippen LogP contribution in [0.5, 0.6) is 0 Å². The molecule has 1 amide bonds. The molecule has 1 saturated heterocycles. The molecule has 1 saturated carbocycles. The molecular weight excluding hydrogens is 257 g/mol. The number of carbonyl (C=O) groups excluding carboxylic acids is 2. The Balaban J connectivity index is 1.99. The van der Waals surface area contributed by atoms with Crippen molar-refractivity contribution in [3.05, 3.63) is 0 Å². The van der Waals surface area contributed by atoms with E-state index in [1.54, 1.807) is 4.81 Å². The van der Waals surface area contributed by atoms with E-state index in [4.69, 9.17) is 4.43 Å². The first-order valence-corrected chi connectivity index (χ1v) is 9.84. The maximum absolute atomic E-state index is 12.0. The summed E-state index contributed by atoms with van der Waals surface area (Å²) in [5.74, 6) is 0.638. The van der Waals surface area contributed by atoms with E-state index in [0.717, 1.165) is 6.42 Å². The van der Waals surface area contributed by atoms with Crippen molar-refractivity contribution >= 4 is 27.8 Å². The van der Waals surface area contributed by atoms with E-state index in [-0.39, 0.29) is 22.9 Å². The minimum absolute atomic E-state index is 0.0665. The summed E-state index contributed by atoms with van der Waals surface area (Å²) in [5.41, 5.74) is 0. The Morgan fingerprint density at radius 3 is 2.63 bits per heavy atom.